The first-order chi connectivity index (χ1) is 12.2. The highest BCUT2D eigenvalue weighted by Gasteiger charge is 2.02. The molecule has 0 bridgehead atoms. The summed E-state index contributed by atoms with van der Waals surface area (Å²) in [6.45, 7) is 1.95. The van der Waals surface area contributed by atoms with Gasteiger partial charge in [-0.15, -0.1) is 11.3 Å². The molecule has 1 N–H and O–H groups in total. The van der Waals surface area contributed by atoms with Crippen molar-refractivity contribution < 1.29 is 9.53 Å². The van der Waals surface area contributed by atoms with Crippen LogP contribution in [0.25, 0.3) is 11.1 Å². The van der Waals surface area contributed by atoms with Crippen LogP contribution in [0, 0.1) is 6.92 Å². The molecule has 0 saturated carbocycles. The van der Waals surface area contributed by atoms with Crippen molar-refractivity contribution in [1.82, 2.24) is 5.43 Å². The van der Waals surface area contributed by atoms with Crippen LogP contribution in [0.3, 0.4) is 0 Å². The predicted octanol–water partition coefficient (Wildman–Crippen LogP) is 4.25. The Morgan fingerprint density at radius 1 is 1.04 bits per heavy atom. The third-order valence-corrected chi connectivity index (χ3v) is 4.41. The van der Waals surface area contributed by atoms with Gasteiger partial charge in [-0.2, -0.15) is 5.10 Å². The largest absolute Gasteiger partial charge is 0.484 e. The summed E-state index contributed by atoms with van der Waals surface area (Å²) in [5, 5.41) is 3.93. The third-order valence-electron chi connectivity index (χ3n) is 3.47. The van der Waals surface area contributed by atoms with Gasteiger partial charge in [-0.05, 0) is 42.3 Å². The molecule has 0 aliphatic rings. The highest BCUT2D eigenvalue weighted by atomic mass is 32.1. The second kappa shape index (κ2) is 8.26. The Kier molecular flexibility index (Phi) is 5.59. The molecule has 0 fully saturated rings. The van der Waals surface area contributed by atoms with Crippen molar-refractivity contribution in [3.8, 4) is 16.9 Å². The summed E-state index contributed by atoms with van der Waals surface area (Å²) < 4.78 is 5.48. The van der Waals surface area contributed by atoms with Gasteiger partial charge in [0.05, 0.1) is 6.21 Å². The van der Waals surface area contributed by atoms with Crippen LogP contribution >= 0.6 is 11.3 Å². The number of thiophene rings is 1. The maximum absolute atomic E-state index is 11.8. The number of nitrogens with zero attached hydrogens (tertiary/aromatic N) is 1. The van der Waals surface area contributed by atoms with Gasteiger partial charge in [0, 0.05) is 9.75 Å². The Balaban J connectivity index is 1.48. The molecule has 2 aromatic carbocycles. The van der Waals surface area contributed by atoms with E-state index in [4.69, 9.17) is 4.74 Å². The SMILES string of the molecule is Cc1ccc(C=NNC(=O)COc2ccc(-c3ccccc3)cc2)s1. The highest BCUT2D eigenvalue weighted by Crippen LogP contribution is 2.21. The molecule has 3 rings (SSSR count). The standard InChI is InChI=1S/C20H18N2O2S/c1-15-7-12-19(25-15)13-21-22-20(23)14-24-18-10-8-17(9-11-18)16-5-3-2-4-6-16/h2-13H,14H2,1H3,(H,22,23). The van der Waals surface area contributed by atoms with Crippen molar-refractivity contribution in [2.75, 3.05) is 6.61 Å². The van der Waals surface area contributed by atoms with Gasteiger partial charge < -0.3 is 4.74 Å². The normalized spacial score (nSPS) is 10.8. The van der Waals surface area contributed by atoms with E-state index in [2.05, 4.69) is 22.7 Å². The minimum absolute atomic E-state index is 0.0779. The minimum Gasteiger partial charge on any atom is -0.484 e. The number of carbonyl (C=O) groups excluding carboxylic acids is 1. The number of hydrogen-bond acceptors (Lipinski definition) is 4. The van der Waals surface area contributed by atoms with Crippen molar-refractivity contribution in [3.05, 3.63) is 76.5 Å². The number of rotatable bonds is 6. The molecule has 25 heavy (non-hydrogen) atoms. The lowest BCUT2D eigenvalue weighted by atomic mass is 10.1. The zero-order valence-electron chi connectivity index (χ0n) is 13.8. The van der Waals surface area contributed by atoms with Crippen molar-refractivity contribution in [1.29, 1.82) is 0 Å². The van der Waals surface area contributed by atoms with E-state index in [1.807, 2.05) is 61.5 Å². The van der Waals surface area contributed by atoms with Crippen LogP contribution in [0.5, 0.6) is 5.75 Å². The number of hydrogen-bond donors (Lipinski definition) is 1. The fraction of sp³-hybridized carbons (Fsp3) is 0.100. The first-order valence-corrected chi connectivity index (χ1v) is 8.69. The van der Waals surface area contributed by atoms with Gasteiger partial charge in [-0.25, -0.2) is 5.43 Å². The van der Waals surface area contributed by atoms with E-state index < -0.39 is 0 Å². The molecule has 3 aromatic rings. The Morgan fingerprint density at radius 2 is 1.76 bits per heavy atom. The van der Waals surface area contributed by atoms with Crippen LogP contribution in [0.15, 0.2) is 71.8 Å². The quantitative estimate of drug-likeness (QED) is 0.534. The zero-order valence-corrected chi connectivity index (χ0v) is 14.6. The van der Waals surface area contributed by atoms with Gasteiger partial charge in [0.2, 0.25) is 0 Å². The van der Waals surface area contributed by atoms with E-state index in [9.17, 15) is 4.79 Å². The van der Waals surface area contributed by atoms with Gasteiger partial charge in [0.15, 0.2) is 6.61 Å². The van der Waals surface area contributed by atoms with Gasteiger partial charge in [-0.1, -0.05) is 42.5 Å². The minimum atomic E-state index is -0.295. The first kappa shape index (κ1) is 16.9. The van der Waals surface area contributed by atoms with E-state index >= 15 is 0 Å². The van der Waals surface area contributed by atoms with Crippen molar-refractivity contribution >= 4 is 23.5 Å². The topological polar surface area (TPSA) is 50.7 Å². The van der Waals surface area contributed by atoms with Crippen molar-refractivity contribution in [2.45, 2.75) is 6.92 Å². The Labute approximate surface area is 150 Å². The molecular weight excluding hydrogens is 332 g/mol. The fourth-order valence-electron chi connectivity index (χ4n) is 2.25. The molecule has 0 unspecified atom stereocenters. The lowest BCUT2D eigenvalue weighted by Crippen LogP contribution is -2.24. The molecule has 1 amide bonds. The maximum atomic E-state index is 11.8. The molecule has 5 heteroatoms. The summed E-state index contributed by atoms with van der Waals surface area (Å²) in [6.07, 6.45) is 1.63. The predicted molar refractivity (Wildman–Crippen MR) is 102 cm³/mol. The maximum Gasteiger partial charge on any atom is 0.277 e. The van der Waals surface area contributed by atoms with Gasteiger partial charge in [0.25, 0.3) is 5.91 Å². The third kappa shape index (κ3) is 5.02. The molecule has 0 spiro atoms. The second-order valence-electron chi connectivity index (χ2n) is 5.42. The first-order valence-electron chi connectivity index (χ1n) is 7.87. The van der Waals surface area contributed by atoms with E-state index in [-0.39, 0.29) is 12.5 Å². The number of amides is 1. The number of aryl methyl sites for hydroxylation is 1. The van der Waals surface area contributed by atoms with Crippen molar-refractivity contribution in [2.24, 2.45) is 5.10 Å². The number of hydrazone groups is 1. The van der Waals surface area contributed by atoms with E-state index in [0.717, 1.165) is 16.0 Å². The van der Waals surface area contributed by atoms with E-state index in [1.165, 1.54) is 4.88 Å². The number of benzene rings is 2. The Bertz CT molecular complexity index is 855. The van der Waals surface area contributed by atoms with Crippen LogP contribution in [0.4, 0.5) is 0 Å². The highest BCUT2D eigenvalue weighted by molar-refractivity contribution is 7.13. The zero-order chi connectivity index (χ0) is 17.5. The molecule has 0 aliphatic carbocycles. The molecule has 0 aliphatic heterocycles. The number of ether oxygens (including phenoxy) is 1. The summed E-state index contributed by atoms with van der Waals surface area (Å²) in [7, 11) is 0. The smallest absolute Gasteiger partial charge is 0.277 e. The number of nitrogens with one attached hydrogen (secondary N) is 1. The van der Waals surface area contributed by atoms with Crippen LogP contribution in [0.1, 0.15) is 9.75 Å². The van der Waals surface area contributed by atoms with E-state index in [1.54, 1.807) is 17.6 Å². The van der Waals surface area contributed by atoms with Crippen LogP contribution < -0.4 is 10.2 Å². The van der Waals surface area contributed by atoms with Gasteiger partial charge in [0.1, 0.15) is 5.75 Å². The molecule has 1 heterocycles. The second-order valence-corrected chi connectivity index (χ2v) is 6.74. The summed E-state index contributed by atoms with van der Waals surface area (Å²) >= 11 is 1.62. The van der Waals surface area contributed by atoms with Crippen molar-refractivity contribution in [3.63, 3.8) is 0 Å². The summed E-state index contributed by atoms with van der Waals surface area (Å²) in [5.74, 6) is 0.351. The lowest BCUT2D eigenvalue weighted by molar-refractivity contribution is -0.123. The molecule has 0 saturated heterocycles. The average molecular weight is 350 g/mol. The fourth-order valence-corrected chi connectivity index (χ4v) is 3.00. The lowest BCUT2D eigenvalue weighted by Gasteiger charge is -2.06. The summed E-state index contributed by atoms with van der Waals surface area (Å²) in [6, 6.07) is 21.7. The average Bonchev–Trinajstić information content (AvgIpc) is 3.06. The van der Waals surface area contributed by atoms with Crippen LogP contribution in [-0.4, -0.2) is 18.7 Å². The number of carbonyl (C=O) groups is 1. The van der Waals surface area contributed by atoms with Gasteiger partial charge >= 0.3 is 0 Å². The molecule has 1 aromatic heterocycles. The summed E-state index contributed by atoms with van der Waals surface area (Å²) in [4.78, 5) is 14.0. The van der Waals surface area contributed by atoms with Gasteiger partial charge in [-0.3, -0.25) is 4.79 Å². The molecule has 4 nitrogen and oxygen atoms in total. The summed E-state index contributed by atoms with van der Waals surface area (Å²) in [5.41, 5.74) is 4.71. The molecule has 0 atom stereocenters. The molecular formula is C20H18N2O2S. The Hall–Kier alpha value is -2.92. The Morgan fingerprint density at radius 3 is 2.44 bits per heavy atom. The van der Waals surface area contributed by atoms with E-state index in [0.29, 0.717) is 5.75 Å². The molecule has 126 valence electrons. The molecule has 0 radical (unpaired) electrons. The van der Waals surface area contributed by atoms with Crippen LogP contribution in [-0.2, 0) is 4.79 Å². The monoisotopic (exact) mass is 350 g/mol. The van der Waals surface area contributed by atoms with Crippen LogP contribution in [0.2, 0.25) is 0 Å².